The lowest BCUT2D eigenvalue weighted by Gasteiger charge is -2.20. The van der Waals surface area contributed by atoms with Gasteiger partial charge in [-0.2, -0.15) is 4.31 Å². The maximum absolute atomic E-state index is 12.9. The molecule has 2 fully saturated rings. The van der Waals surface area contributed by atoms with Crippen molar-refractivity contribution in [3.8, 4) is 5.75 Å². The number of fused-ring (bicyclic) bond motifs is 1. The van der Waals surface area contributed by atoms with Crippen LogP contribution in [0, 0.1) is 11.8 Å². The maximum Gasteiger partial charge on any atom is 0.246 e. The molecular formula is C14H20Cl2N2O3S. The van der Waals surface area contributed by atoms with Gasteiger partial charge in [-0.15, -0.1) is 12.4 Å². The van der Waals surface area contributed by atoms with E-state index in [2.05, 4.69) is 0 Å². The topological polar surface area (TPSA) is 72.6 Å². The molecule has 8 heteroatoms. The van der Waals surface area contributed by atoms with Gasteiger partial charge in [0.05, 0.1) is 7.11 Å². The predicted octanol–water partition coefficient (Wildman–Crippen LogP) is 2.13. The van der Waals surface area contributed by atoms with Crippen LogP contribution in [0.25, 0.3) is 0 Å². The SMILES string of the molecule is COc1ccc(Cl)cc1S(=O)(=O)N1CC2CCC(N)C2C1.Cl. The molecule has 1 heterocycles. The Morgan fingerprint density at radius 2 is 2.05 bits per heavy atom. The Labute approximate surface area is 142 Å². The second-order valence-electron chi connectivity index (χ2n) is 5.78. The lowest BCUT2D eigenvalue weighted by molar-refractivity contribution is 0.394. The van der Waals surface area contributed by atoms with Crippen LogP contribution in [0.3, 0.4) is 0 Å². The third-order valence-corrected chi connectivity index (χ3v) is 6.71. The van der Waals surface area contributed by atoms with E-state index in [9.17, 15) is 8.42 Å². The summed E-state index contributed by atoms with van der Waals surface area (Å²) >= 11 is 5.95. The largest absolute Gasteiger partial charge is 0.495 e. The van der Waals surface area contributed by atoms with Crippen molar-refractivity contribution in [2.75, 3.05) is 20.2 Å². The molecule has 0 radical (unpaired) electrons. The smallest absolute Gasteiger partial charge is 0.246 e. The van der Waals surface area contributed by atoms with E-state index in [1.807, 2.05) is 0 Å². The van der Waals surface area contributed by atoms with Crippen LogP contribution < -0.4 is 10.5 Å². The maximum atomic E-state index is 12.9. The number of hydrogen-bond donors (Lipinski definition) is 1. The van der Waals surface area contributed by atoms with Crippen LogP contribution in [0.4, 0.5) is 0 Å². The van der Waals surface area contributed by atoms with Gasteiger partial charge in [-0.05, 0) is 42.9 Å². The molecule has 124 valence electrons. The molecular weight excluding hydrogens is 347 g/mol. The molecule has 0 amide bonds. The number of methoxy groups -OCH3 is 1. The number of rotatable bonds is 3. The molecule has 1 aliphatic carbocycles. The van der Waals surface area contributed by atoms with E-state index in [0.717, 1.165) is 12.8 Å². The van der Waals surface area contributed by atoms with Crippen molar-refractivity contribution < 1.29 is 13.2 Å². The molecule has 3 atom stereocenters. The average Bonchev–Trinajstić information content (AvgIpc) is 3.02. The van der Waals surface area contributed by atoms with Crippen LogP contribution in [-0.2, 0) is 10.0 Å². The number of sulfonamides is 1. The molecule has 1 aromatic carbocycles. The first kappa shape index (κ1) is 17.8. The quantitative estimate of drug-likeness (QED) is 0.888. The van der Waals surface area contributed by atoms with Gasteiger partial charge in [0.15, 0.2) is 0 Å². The van der Waals surface area contributed by atoms with Crippen LogP contribution in [0.5, 0.6) is 5.75 Å². The van der Waals surface area contributed by atoms with Crippen molar-refractivity contribution in [3.05, 3.63) is 23.2 Å². The molecule has 5 nitrogen and oxygen atoms in total. The van der Waals surface area contributed by atoms with E-state index in [4.69, 9.17) is 22.1 Å². The van der Waals surface area contributed by atoms with Gasteiger partial charge in [0, 0.05) is 24.2 Å². The van der Waals surface area contributed by atoms with Crippen molar-refractivity contribution in [2.45, 2.75) is 23.8 Å². The summed E-state index contributed by atoms with van der Waals surface area (Å²) in [4.78, 5) is 0.131. The first-order chi connectivity index (χ1) is 9.93. The van der Waals surface area contributed by atoms with Crippen molar-refractivity contribution in [2.24, 2.45) is 17.6 Å². The summed E-state index contributed by atoms with van der Waals surface area (Å²) in [5, 5.41) is 0.380. The van der Waals surface area contributed by atoms with Crippen LogP contribution >= 0.6 is 24.0 Å². The zero-order chi connectivity index (χ0) is 15.2. The van der Waals surface area contributed by atoms with Gasteiger partial charge in [0.25, 0.3) is 0 Å². The van der Waals surface area contributed by atoms with Gasteiger partial charge < -0.3 is 10.5 Å². The van der Waals surface area contributed by atoms with E-state index in [1.54, 1.807) is 12.1 Å². The van der Waals surface area contributed by atoms with Crippen molar-refractivity contribution in [1.29, 1.82) is 0 Å². The molecule has 1 saturated heterocycles. The number of halogens is 2. The molecule has 0 spiro atoms. The number of benzene rings is 1. The molecule has 3 rings (SSSR count). The molecule has 22 heavy (non-hydrogen) atoms. The molecule has 1 aliphatic heterocycles. The van der Waals surface area contributed by atoms with Crippen LogP contribution in [-0.4, -0.2) is 39.0 Å². The highest BCUT2D eigenvalue weighted by atomic mass is 35.5. The number of hydrogen-bond acceptors (Lipinski definition) is 4. The molecule has 3 unspecified atom stereocenters. The Hall–Kier alpha value is -0.530. The van der Waals surface area contributed by atoms with Crippen LogP contribution in [0.2, 0.25) is 5.02 Å². The van der Waals surface area contributed by atoms with E-state index >= 15 is 0 Å². The van der Waals surface area contributed by atoms with E-state index in [-0.39, 0.29) is 29.3 Å². The standard InChI is InChI=1S/C14H19ClN2O3S.ClH/c1-20-13-5-3-10(15)6-14(13)21(18,19)17-7-9-2-4-12(16)11(9)8-17;/h3,5-6,9,11-12H,2,4,7-8,16H2,1H3;1H. The first-order valence-corrected chi connectivity index (χ1v) is 8.84. The summed E-state index contributed by atoms with van der Waals surface area (Å²) in [6.45, 7) is 1.03. The number of ether oxygens (including phenoxy) is 1. The van der Waals surface area contributed by atoms with Gasteiger partial charge >= 0.3 is 0 Å². The van der Waals surface area contributed by atoms with Crippen molar-refractivity contribution >= 4 is 34.0 Å². The van der Waals surface area contributed by atoms with E-state index in [1.165, 1.54) is 17.5 Å². The molecule has 0 aromatic heterocycles. The average molecular weight is 367 g/mol. The fourth-order valence-corrected chi connectivity index (χ4v) is 5.41. The summed E-state index contributed by atoms with van der Waals surface area (Å²) in [7, 11) is -2.15. The third kappa shape index (κ3) is 2.95. The fourth-order valence-electron chi connectivity index (χ4n) is 3.45. The minimum Gasteiger partial charge on any atom is -0.495 e. The lowest BCUT2D eigenvalue weighted by Crippen LogP contribution is -2.33. The summed E-state index contributed by atoms with van der Waals surface area (Å²) in [5.41, 5.74) is 6.08. The molecule has 0 bridgehead atoms. The Morgan fingerprint density at radius 3 is 2.68 bits per heavy atom. The second kappa shape index (κ2) is 6.53. The monoisotopic (exact) mass is 366 g/mol. The highest BCUT2D eigenvalue weighted by Crippen LogP contribution is 2.40. The third-order valence-electron chi connectivity index (χ3n) is 4.62. The Morgan fingerprint density at radius 1 is 1.32 bits per heavy atom. The Balaban J connectivity index is 0.00000176. The normalized spacial score (nSPS) is 28.2. The lowest BCUT2D eigenvalue weighted by atomic mass is 9.98. The zero-order valence-corrected chi connectivity index (χ0v) is 14.6. The molecule has 1 saturated carbocycles. The highest BCUT2D eigenvalue weighted by Gasteiger charge is 2.45. The van der Waals surface area contributed by atoms with Crippen molar-refractivity contribution in [1.82, 2.24) is 4.31 Å². The molecule has 2 N–H and O–H groups in total. The van der Waals surface area contributed by atoms with Gasteiger partial charge in [-0.1, -0.05) is 11.6 Å². The summed E-state index contributed by atoms with van der Waals surface area (Å²) in [5.74, 6) is 0.964. The Kier molecular flexibility index (Phi) is 5.29. The van der Waals surface area contributed by atoms with Gasteiger partial charge in [0.1, 0.15) is 10.6 Å². The van der Waals surface area contributed by atoms with Gasteiger partial charge in [-0.25, -0.2) is 8.42 Å². The predicted molar refractivity (Wildman–Crippen MR) is 88.2 cm³/mol. The highest BCUT2D eigenvalue weighted by molar-refractivity contribution is 7.89. The summed E-state index contributed by atoms with van der Waals surface area (Å²) in [6, 6.07) is 4.76. The van der Waals surface area contributed by atoms with E-state index in [0.29, 0.717) is 29.8 Å². The zero-order valence-electron chi connectivity index (χ0n) is 12.2. The van der Waals surface area contributed by atoms with Gasteiger partial charge in [-0.3, -0.25) is 0 Å². The second-order valence-corrected chi connectivity index (χ2v) is 8.13. The van der Waals surface area contributed by atoms with Crippen LogP contribution in [0.1, 0.15) is 12.8 Å². The molecule has 1 aromatic rings. The van der Waals surface area contributed by atoms with E-state index < -0.39 is 10.0 Å². The Bertz CT molecular complexity index is 653. The number of nitrogens with zero attached hydrogens (tertiary/aromatic N) is 1. The fraction of sp³-hybridized carbons (Fsp3) is 0.571. The van der Waals surface area contributed by atoms with Crippen LogP contribution in [0.15, 0.2) is 23.1 Å². The van der Waals surface area contributed by atoms with Gasteiger partial charge in [0.2, 0.25) is 10.0 Å². The minimum atomic E-state index is -3.60. The summed E-state index contributed by atoms with van der Waals surface area (Å²) in [6.07, 6.45) is 1.99. The van der Waals surface area contributed by atoms with Crippen molar-refractivity contribution in [3.63, 3.8) is 0 Å². The summed E-state index contributed by atoms with van der Waals surface area (Å²) < 4.78 is 32.4. The first-order valence-electron chi connectivity index (χ1n) is 7.02. The minimum absolute atomic E-state index is 0. The molecule has 2 aliphatic rings. The number of nitrogens with two attached hydrogens (primary N) is 1.